The standard InChI is InChI=1S/C24H27N7O2/c1-15-20(13-26-30(15)2)21-12-19-22(14-25-21)28-29-23(19)27-24(32)16-4-6-17(7-5-16)31-10-8-18(33-3)9-11-31/h4-7,12-14,18H,8-11H2,1-3H3,(H2,27,28,29,32). The Labute approximate surface area is 191 Å². The highest BCUT2D eigenvalue weighted by Crippen LogP contribution is 2.28. The molecule has 0 bridgehead atoms. The van der Waals surface area contributed by atoms with Gasteiger partial charge in [0.1, 0.15) is 0 Å². The molecule has 1 aromatic carbocycles. The van der Waals surface area contributed by atoms with Gasteiger partial charge in [0.15, 0.2) is 5.82 Å². The van der Waals surface area contributed by atoms with E-state index in [4.69, 9.17) is 4.74 Å². The lowest BCUT2D eigenvalue weighted by Gasteiger charge is -2.33. The molecule has 0 saturated carbocycles. The summed E-state index contributed by atoms with van der Waals surface area (Å²) >= 11 is 0. The van der Waals surface area contributed by atoms with E-state index in [1.54, 1.807) is 19.5 Å². The minimum Gasteiger partial charge on any atom is -0.381 e. The number of H-pyrrole nitrogens is 1. The molecule has 170 valence electrons. The molecule has 9 heteroatoms. The Morgan fingerprint density at radius 3 is 2.61 bits per heavy atom. The zero-order valence-corrected chi connectivity index (χ0v) is 19.0. The largest absolute Gasteiger partial charge is 0.381 e. The van der Waals surface area contributed by atoms with Crippen LogP contribution in [0.5, 0.6) is 0 Å². The highest BCUT2D eigenvalue weighted by Gasteiger charge is 2.19. The number of rotatable bonds is 5. The average Bonchev–Trinajstić information content (AvgIpc) is 3.41. The molecule has 4 aromatic rings. The first kappa shape index (κ1) is 21.1. The number of methoxy groups -OCH3 is 1. The summed E-state index contributed by atoms with van der Waals surface area (Å²) in [6.07, 6.45) is 5.89. The van der Waals surface area contributed by atoms with E-state index in [1.807, 2.05) is 49.0 Å². The molecule has 1 amide bonds. The number of anilines is 2. The summed E-state index contributed by atoms with van der Waals surface area (Å²) in [5.74, 6) is 0.273. The van der Waals surface area contributed by atoms with Crippen molar-refractivity contribution in [2.45, 2.75) is 25.9 Å². The molecule has 2 N–H and O–H groups in total. The molecule has 0 spiro atoms. The van der Waals surface area contributed by atoms with Gasteiger partial charge in [-0.2, -0.15) is 10.2 Å². The zero-order valence-electron chi connectivity index (χ0n) is 19.0. The van der Waals surface area contributed by atoms with Crippen LogP contribution in [0.25, 0.3) is 22.2 Å². The summed E-state index contributed by atoms with van der Waals surface area (Å²) in [7, 11) is 3.67. The quantitative estimate of drug-likeness (QED) is 0.487. The number of fused-ring (bicyclic) bond motifs is 1. The Balaban J connectivity index is 1.33. The summed E-state index contributed by atoms with van der Waals surface area (Å²) < 4.78 is 7.26. The van der Waals surface area contributed by atoms with Gasteiger partial charge in [-0.15, -0.1) is 0 Å². The molecule has 4 heterocycles. The number of piperidine rings is 1. The topological polar surface area (TPSA) is 101 Å². The van der Waals surface area contributed by atoms with Crippen molar-refractivity contribution in [1.29, 1.82) is 0 Å². The lowest BCUT2D eigenvalue weighted by molar-refractivity contribution is 0.0819. The number of carbonyl (C=O) groups excluding carboxylic acids is 1. The second-order valence-corrected chi connectivity index (χ2v) is 8.38. The van der Waals surface area contributed by atoms with Crippen LogP contribution >= 0.6 is 0 Å². The van der Waals surface area contributed by atoms with E-state index in [2.05, 4.69) is 30.5 Å². The van der Waals surface area contributed by atoms with Crippen LogP contribution in [0.4, 0.5) is 11.5 Å². The molecule has 33 heavy (non-hydrogen) atoms. The van der Waals surface area contributed by atoms with Crippen LogP contribution in [0.15, 0.2) is 42.7 Å². The number of benzene rings is 1. The lowest BCUT2D eigenvalue weighted by atomic mass is 10.1. The Morgan fingerprint density at radius 2 is 1.94 bits per heavy atom. The smallest absolute Gasteiger partial charge is 0.256 e. The third-order valence-electron chi connectivity index (χ3n) is 6.46. The van der Waals surface area contributed by atoms with Gasteiger partial charge in [0, 0.05) is 55.1 Å². The van der Waals surface area contributed by atoms with Crippen molar-refractivity contribution in [2.24, 2.45) is 7.05 Å². The summed E-state index contributed by atoms with van der Waals surface area (Å²) in [5, 5.41) is 15.3. The number of nitrogens with one attached hydrogen (secondary N) is 2. The number of hydrogen-bond donors (Lipinski definition) is 2. The number of pyridine rings is 1. The van der Waals surface area contributed by atoms with Crippen LogP contribution in [0.3, 0.4) is 0 Å². The molecule has 3 aromatic heterocycles. The number of carbonyl (C=O) groups is 1. The molecule has 1 aliphatic heterocycles. The third-order valence-corrected chi connectivity index (χ3v) is 6.46. The Hall–Kier alpha value is -3.72. The van der Waals surface area contributed by atoms with Gasteiger partial charge in [-0.05, 0) is 50.1 Å². The summed E-state index contributed by atoms with van der Waals surface area (Å²) in [5.41, 5.74) is 5.20. The van der Waals surface area contributed by atoms with E-state index >= 15 is 0 Å². The van der Waals surface area contributed by atoms with Crippen molar-refractivity contribution in [3.05, 3.63) is 54.0 Å². The van der Waals surface area contributed by atoms with Gasteiger partial charge in [-0.1, -0.05) is 0 Å². The number of aromatic nitrogens is 5. The van der Waals surface area contributed by atoms with Crippen LogP contribution in [0, 0.1) is 6.92 Å². The SMILES string of the molecule is COC1CCN(c2ccc(C(=O)Nc3n[nH]c4cnc(-c5cnn(C)c5C)cc34)cc2)CC1. The fourth-order valence-electron chi connectivity index (χ4n) is 4.26. The van der Waals surface area contributed by atoms with Crippen LogP contribution in [0.2, 0.25) is 0 Å². The van der Waals surface area contributed by atoms with Gasteiger partial charge in [0.2, 0.25) is 0 Å². The molecule has 5 rings (SSSR count). The predicted octanol–water partition coefficient (Wildman–Crippen LogP) is 3.53. The van der Waals surface area contributed by atoms with E-state index in [0.717, 1.165) is 59.5 Å². The predicted molar refractivity (Wildman–Crippen MR) is 127 cm³/mol. The van der Waals surface area contributed by atoms with Crippen LogP contribution in [-0.4, -0.2) is 57.2 Å². The highest BCUT2D eigenvalue weighted by molar-refractivity contribution is 6.08. The van der Waals surface area contributed by atoms with Gasteiger partial charge in [-0.25, -0.2) is 0 Å². The number of ether oxygens (including phenoxy) is 1. The van der Waals surface area contributed by atoms with Crippen molar-refractivity contribution in [1.82, 2.24) is 25.0 Å². The molecule has 0 radical (unpaired) electrons. The van der Waals surface area contributed by atoms with Crippen molar-refractivity contribution < 1.29 is 9.53 Å². The molecule has 1 aliphatic rings. The minimum atomic E-state index is -0.205. The van der Waals surface area contributed by atoms with E-state index in [0.29, 0.717) is 17.5 Å². The first-order chi connectivity index (χ1) is 16.0. The Morgan fingerprint density at radius 1 is 1.18 bits per heavy atom. The molecule has 9 nitrogen and oxygen atoms in total. The zero-order chi connectivity index (χ0) is 22.9. The molecular weight excluding hydrogens is 418 g/mol. The van der Waals surface area contributed by atoms with Gasteiger partial charge in [0.05, 0.1) is 29.7 Å². The van der Waals surface area contributed by atoms with Gasteiger partial charge >= 0.3 is 0 Å². The average molecular weight is 446 g/mol. The second-order valence-electron chi connectivity index (χ2n) is 8.38. The number of hydrogen-bond acceptors (Lipinski definition) is 6. The van der Waals surface area contributed by atoms with Crippen LogP contribution < -0.4 is 10.2 Å². The van der Waals surface area contributed by atoms with E-state index in [-0.39, 0.29) is 5.91 Å². The monoisotopic (exact) mass is 445 g/mol. The first-order valence-electron chi connectivity index (χ1n) is 11.1. The second kappa shape index (κ2) is 8.67. The van der Waals surface area contributed by atoms with Crippen molar-refractivity contribution in [3.8, 4) is 11.3 Å². The van der Waals surface area contributed by atoms with Gasteiger partial charge < -0.3 is 15.0 Å². The van der Waals surface area contributed by atoms with E-state index in [1.165, 1.54) is 0 Å². The van der Waals surface area contributed by atoms with Crippen molar-refractivity contribution >= 4 is 28.3 Å². The number of nitrogens with zero attached hydrogens (tertiary/aromatic N) is 5. The van der Waals surface area contributed by atoms with Crippen molar-refractivity contribution in [3.63, 3.8) is 0 Å². The van der Waals surface area contributed by atoms with Gasteiger partial charge in [0.25, 0.3) is 5.91 Å². The maximum absolute atomic E-state index is 12.9. The normalized spacial score (nSPS) is 14.7. The van der Waals surface area contributed by atoms with E-state index in [9.17, 15) is 4.79 Å². The fraction of sp³-hybridized carbons (Fsp3) is 0.333. The van der Waals surface area contributed by atoms with E-state index < -0.39 is 0 Å². The number of amides is 1. The number of aromatic amines is 1. The third kappa shape index (κ3) is 4.07. The van der Waals surface area contributed by atoms with Crippen molar-refractivity contribution in [2.75, 3.05) is 30.4 Å². The highest BCUT2D eigenvalue weighted by atomic mass is 16.5. The molecular formula is C24H27N7O2. The number of aryl methyl sites for hydroxylation is 1. The van der Waals surface area contributed by atoms with Crippen LogP contribution in [-0.2, 0) is 11.8 Å². The summed E-state index contributed by atoms with van der Waals surface area (Å²) in [4.78, 5) is 19.8. The maximum atomic E-state index is 12.9. The molecule has 0 atom stereocenters. The summed E-state index contributed by atoms with van der Waals surface area (Å²) in [6, 6.07) is 9.63. The first-order valence-corrected chi connectivity index (χ1v) is 11.1. The molecule has 1 fully saturated rings. The maximum Gasteiger partial charge on any atom is 0.256 e. The summed E-state index contributed by atoms with van der Waals surface area (Å²) in [6.45, 7) is 3.90. The minimum absolute atomic E-state index is 0.205. The Bertz CT molecular complexity index is 1280. The van der Waals surface area contributed by atoms with Gasteiger partial charge in [-0.3, -0.25) is 19.6 Å². The van der Waals surface area contributed by atoms with Crippen LogP contribution in [0.1, 0.15) is 28.9 Å². The molecule has 1 saturated heterocycles. The Kier molecular flexibility index (Phi) is 5.55. The molecule has 0 aliphatic carbocycles. The molecule has 0 unspecified atom stereocenters. The fourth-order valence-corrected chi connectivity index (χ4v) is 4.26. The lowest BCUT2D eigenvalue weighted by Crippen LogP contribution is -2.36.